The first kappa shape index (κ1) is 11.2. The lowest BCUT2D eigenvalue weighted by Crippen LogP contribution is -2.28. The van der Waals surface area contributed by atoms with Crippen LogP contribution in [0.1, 0.15) is 34.9 Å². The van der Waals surface area contributed by atoms with Crippen LogP contribution >= 0.6 is 0 Å². The minimum atomic E-state index is -0.325. The second kappa shape index (κ2) is 3.90. The van der Waals surface area contributed by atoms with E-state index in [0.29, 0.717) is 5.56 Å². The maximum absolute atomic E-state index is 12.0. The van der Waals surface area contributed by atoms with Crippen molar-refractivity contribution in [1.82, 2.24) is 0 Å². The van der Waals surface area contributed by atoms with E-state index in [1.54, 1.807) is 6.07 Å². The molecule has 4 heteroatoms. The van der Waals surface area contributed by atoms with Gasteiger partial charge in [-0.3, -0.25) is 9.59 Å². The molecule has 1 unspecified atom stereocenters. The van der Waals surface area contributed by atoms with Crippen molar-refractivity contribution in [1.29, 1.82) is 0 Å². The van der Waals surface area contributed by atoms with E-state index < -0.39 is 0 Å². The smallest absolute Gasteiger partial charge is 0.312 e. The molecule has 0 aliphatic carbocycles. The molecule has 3 aliphatic rings. The molecule has 3 saturated heterocycles. The molecule has 0 aromatic heterocycles. The molecule has 0 radical (unpaired) electrons. The number of benzene rings is 1. The predicted octanol–water partition coefficient (Wildman–Crippen LogP) is 1.89. The van der Waals surface area contributed by atoms with Crippen LogP contribution in [0.3, 0.4) is 0 Å². The van der Waals surface area contributed by atoms with Crippen molar-refractivity contribution >= 4 is 12.3 Å². The number of esters is 1. The van der Waals surface area contributed by atoms with Crippen LogP contribution in [0.5, 0.6) is 0 Å². The van der Waals surface area contributed by atoms with Crippen molar-refractivity contribution in [3.63, 3.8) is 0 Å². The van der Waals surface area contributed by atoms with Gasteiger partial charge in [0.25, 0.3) is 0 Å². The number of carbonyl (C=O) groups is 2. The Morgan fingerprint density at radius 2 is 1.95 bits per heavy atom. The molecule has 4 nitrogen and oxygen atoms in total. The summed E-state index contributed by atoms with van der Waals surface area (Å²) in [5.74, 6) is -0.223. The first-order valence-corrected chi connectivity index (χ1v) is 6.69. The second-order valence-corrected chi connectivity index (χ2v) is 5.50. The Balaban J connectivity index is 1.76. The quantitative estimate of drug-likeness (QED) is 0.600. The molecule has 0 N–H and O–H groups in total. The Kier molecular flexibility index (Phi) is 2.30. The van der Waals surface area contributed by atoms with Crippen molar-refractivity contribution in [3.05, 3.63) is 35.4 Å². The minimum Gasteiger partial charge on any atom is -0.457 e. The third-order valence-corrected chi connectivity index (χ3v) is 4.62. The van der Waals surface area contributed by atoms with E-state index in [0.717, 1.165) is 24.7 Å². The van der Waals surface area contributed by atoms with Crippen molar-refractivity contribution in [3.8, 4) is 0 Å². The highest BCUT2D eigenvalue weighted by Gasteiger charge is 2.61. The Morgan fingerprint density at radius 1 is 1.16 bits per heavy atom. The molecule has 2 bridgehead atoms. The molecule has 0 saturated carbocycles. The Morgan fingerprint density at radius 3 is 2.79 bits per heavy atom. The summed E-state index contributed by atoms with van der Waals surface area (Å²) in [4.78, 5) is 23.2. The molecular weight excluding hydrogens is 244 g/mol. The summed E-state index contributed by atoms with van der Waals surface area (Å²) in [6.45, 7) is 0. The molecule has 3 aliphatic heterocycles. The van der Waals surface area contributed by atoms with Crippen molar-refractivity contribution in [2.45, 2.75) is 31.2 Å². The van der Waals surface area contributed by atoms with Gasteiger partial charge in [0.2, 0.25) is 0 Å². The highest BCUT2D eigenvalue weighted by Crippen LogP contribution is 2.54. The lowest BCUT2D eigenvalue weighted by atomic mass is 9.76. The van der Waals surface area contributed by atoms with Gasteiger partial charge in [0.1, 0.15) is 12.4 Å². The zero-order valence-electron chi connectivity index (χ0n) is 10.3. The lowest BCUT2D eigenvalue weighted by molar-refractivity contribution is -0.147. The van der Waals surface area contributed by atoms with Gasteiger partial charge in [-0.1, -0.05) is 24.3 Å². The van der Waals surface area contributed by atoms with E-state index in [2.05, 4.69) is 0 Å². The van der Waals surface area contributed by atoms with Crippen molar-refractivity contribution < 1.29 is 19.1 Å². The normalized spacial score (nSPS) is 39.2. The first-order chi connectivity index (χ1) is 9.29. The van der Waals surface area contributed by atoms with Crippen molar-refractivity contribution in [2.24, 2.45) is 11.8 Å². The first-order valence-electron chi connectivity index (χ1n) is 6.69. The molecule has 3 heterocycles. The third-order valence-electron chi connectivity index (χ3n) is 4.62. The van der Waals surface area contributed by atoms with E-state index >= 15 is 0 Å². The van der Waals surface area contributed by atoms with E-state index in [-0.39, 0.29) is 36.1 Å². The zero-order valence-corrected chi connectivity index (χ0v) is 10.3. The van der Waals surface area contributed by atoms with Crippen LogP contribution < -0.4 is 0 Å². The highest BCUT2D eigenvalue weighted by atomic mass is 16.6. The fourth-order valence-electron chi connectivity index (χ4n) is 3.84. The maximum atomic E-state index is 12.0. The van der Waals surface area contributed by atoms with Crippen LogP contribution in [-0.4, -0.2) is 24.5 Å². The monoisotopic (exact) mass is 258 g/mol. The molecule has 1 aromatic carbocycles. The largest absolute Gasteiger partial charge is 0.457 e. The van der Waals surface area contributed by atoms with Crippen LogP contribution in [-0.2, 0) is 14.3 Å². The molecule has 19 heavy (non-hydrogen) atoms. The van der Waals surface area contributed by atoms with E-state index in [9.17, 15) is 9.59 Å². The highest BCUT2D eigenvalue weighted by molar-refractivity contribution is 5.80. The lowest BCUT2D eigenvalue weighted by Gasteiger charge is -2.23. The number of hydrogen-bond donors (Lipinski definition) is 0. The molecule has 0 spiro atoms. The Hall–Kier alpha value is -1.68. The SMILES string of the molecule is O=Cc1ccccc1C1OC(=O)[C@@H]2[C@@H]1[C@H]1CC[C@@H]2O1. The number of fused-ring (bicyclic) bond motifs is 5. The van der Waals surface area contributed by atoms with E-state index in [1.165, 1.54) is 0 Å². The fraction of sp³-hybridized carbons (Fsp3) is 0.467. The summed E-state index contributed by atoms with van der Waals surface area (Å²) in [6, 6.07) is 7.32. The van der Waals surface area contributed by atoms with E-state index in [4.69, 9.17) is 9.47 Å². The summed E-state index contributed by atoms with van der Waals surface area (Å²) in [7, 11) is 0. The number of aldehydes is 1. The van der Waals surface area contributed by atoms with Crippen LogP contribution in [0.2, 0.25) is 0 Å². The number of carbonyl (C=O) groups excluding carboxylic acids is 2. The molecule has 3 fully saturated rings. The average Bonchev–Trinajstić information content (AvgIpc) is 3.12. The number of rotatable bonds is 2. The van der Waals surface area contributed by atoms with E-state index in [1.807, 2.05) is 18.2 Å². The topological polar surface area (TPSA) is 52.6 Å². The minimum absolute atomic E-state index is 0.0240. The van der Waals surface area contributed by atoms with Gasteiger partial charge in [0, 0.05) is 17.0 Å². The van der Waals surface area contributed by atoms with Gasteiger partial charge in [0.15, 0.2) is 0 Å². The van der Waals surface area contributed by atoms with Gasteiger partial charge in [-0.25, -0.2) is 0 Å². The molecule has 5 atom stereocenters. The van der Waals surface area contributed by atoms with Gasteiger partial charge in [0.05, 0.1) is 18.1 Å². The second-order valence-electron chi connectivity index (χ2n) is 5.50. The number of hydrogen-bond acceptors (Lipinski definition) is 4. The summed E-state index contributed by atoms with van der Waals surface area (Å²) in [5, 5.41) is 0. The van der Waals surface area contributed by atoms with Crippen molar-refractivity contribution in [2.75, 3.05) is 0 Å². The van der Waals surface area contributed by atoms with Crippen LogP contribution in [0.15, 0.2) is 24.3 Å². The molecule has 1 aromatic rings. The summed E-state index contributed by atoms with van der Waals surface area (Å²) >= 11 is 0. The van der Waals surface area contributed by atoms with Crippen LogP contribution in [0, 0.1) is 11.8 Å². The molecule has 0 amide bonds. The molecule has 4 rings (SSSR count). The maximum Gasteiger partial charge on any atom is 0.312 e. The van der Waals surface area contributed by atoms with Crippen LogP contribution in [0.25, 0.3) is 0 Å². The summed E-state index contributed by atoms with van der Waals surface area (Å²) < 4.78 is 11.4. The van der Waals surface area contributed by atoms with Gasteiger partial charge >= 0.3 is 5.97 Å². The Bertz CT molecular complexity index is 553. The Labute approximate surface area is 110 Å². The third kappa shape index (κ3) is 1.43. The van der Waals surface area contributed by atoms with Gasteiger partial charge in [-0.15, -0.1) is 0 Å². The van der Waals surface area contributed by atoms with Crippen LogP contribution in [0.4, 0.5) is 0 Å². The number of ether oxygens (including phenoxy) is 2. The standard InChI is InChI=1S/C15H14O4/c16-7-8-3-1-2-4-9(8)14-12-10-5-6-11(18-10)13(12)15(17)19-14/h1-4,7,10-14H,5-6H2/t10-,11+,12+,13+,14?/m1/s1. The predicted molar refractivity (Wildman–Crippen MR) is 65.5 cm³/mol. The molecule has 98 valence electrons. The summed E-state index contributed by atoms with van der Waals surface area (Å²) in [6.07, 6.45) is 2.56. The van der Waals surface area contributed by atoms with Gasteiger partial charge in [-0.2, -0.15) is 0 Å². The molecular formula is C15H14O4. The fourth-order valence-corrected chi connectivity index (χ4v) is 3.84. The van der Waals surface area contributed by atoms with Gasteiger partial charge < -0.3 is 9.47 Å². The van der Waals surface area contributed by atoms with Gasteiger partial charge in [-0.05, 0) is 12.8 Å². The zero-order chi connectivity index (χ0) is 13.0. The summed E-state index contributed by atoms with van der Waals surface area (Å²) in [5.41, 5.74) is 1.42. The average molecular weight is 258 g/mol. The number of cyclic esters (lactones) is 1.